The molecule has 0 aliphatic heterocycles. The van der Waals surface area contributed by atoms with E-state index in [-0.39, 0.29) is 32.0 Å². The number of aliphatic hydroxyl groups is 1. The van der Waals surface area contributed by atoms with Crippen LogP contribution in [0.3, 0.4) is 0 Å². The fourth-order valence-corrected chi connectivity index (χ4v) is 2.17. The van der Waals surface area contributed by atoms with Crippen LogP contribution in [0, 0.1) is 6.07 Å². The van der Waals surface area contributed by atoms with Crippen molar-refractivity contribution in [1.29, 1.82) is 0 Å². The van der Waals surface area contributed by atoms with Crippen molar-refractivity contribution in [1.82, 2.24) is 4.98 Å². The number of carbonyl (C=O) groups is 1. The van der Waals surface area contributed by atoms with Gasteiger partial charge in [0.2, 0.25) is 0 Å². The van der Waals surface area contributed by atoms with Crippen molar-refractivity contribution < 1.29 is 30.3 Å². The van der Waals surface area contributed by atoms with Gasteiger partial charge in [0, 0.05) is 32.7 Å². The summed E-state index contributed by atoms with van der Waals surface area (Å²) in [4.78, 5) is 14.5. The topological polar surface area (TPSA) is 50.2 Å². The van der Waals surface area contributed by atoms with E-state index in [1.807, 2.05) is 48.7 Å². The van der Waals surface area contributed by atoms with Gasteiger partial charge in [0.1, 0.15) is 0 Å². The summed E-state index contributed by atoms with van der Waals surface area (Å²) in [6, 6.07) is 21.4. The first-order chi connectivity index (χ1) is 11.1. The van der Waals surface area contributed by atoms with Crippen molar-refractivity contribution >= 4 is 16.6 Å². The maximum Gasteiger partial charge on any atom is 0.155 e. The number of hydrogen-bond acceptors (Lipinski definition) is 3. The Labute approximate surface area is 155 Å². The Balaban J connectivity index is 0.000000312. The van der Waals surface area contributed by atoms with Gasteiger partial charge >= 0.3 is 0 Å². The zero-order valence-electron chi connectivity index (χ0n) is 13.5. The van der Waals surface area contributed by atoms with Gasteiger partial charge in [-0.25, -0.2) is 0 Å². The van der Waals surface area contributed by atoms with Gasteiger partial charge in [-0.3, -0.25) is 4.79 Å². The van der Waals surface area contributed by atoms with Crippen LogP contribution in [0.25, 0.3) is 22.0 Å². The Morgan fingerprint density at radius 3 is 2.38 bits per heavy atom. The summed E-state index contributed by atoms with van der Waals surface area (Å²) < 4.78 is 0. The summed E-state index contributed by atoms with van der Waals surface area (Å²) in [5, 5.41) is 10.7. The van der Waals surface area contributed by atoms with Gasteiger partial charge in [-0.2, -0.15) is 0 Å². The molecule has 0 bridgehead atoms. The van der Waals surface area contributed by atoms with Crippen molar-refractivity contribution in [3.8, 4) is 11.3 Å². The molecule has 0 atom stereocenters. The second kappa shape index (κ2) is 9.77. The Hall–Kier alpha value is -2.28. The van der Waals surface area contributed by atoms with E-state index in [2.05, 4.69) is 23.2 Å². The van der Waals surface area contributed by atoms with Gasteiger partial charge in [0.05, 0.1) is 5.76 Å². The van der Waals surface area contributed by atoms with Crippen molar-refractivity contribution in [3.05, 3.63) is 78.7 Å². The minimum atomic E-state index is -0.125. The normalized spacial score (nSPS) is 10.3. The number of hydrogen-bond donors (Lipinski definition) is 1. The number of nitrogens with zero attached hydrogens (tertiary/aromatic N) is 1. The van der Waals surface area contributed by atoms with Crippen LogP contribution in [-0.2, 0) is 25.2 Å². The van der Waals surface area contributed by atoms with Crippen LogP contribution >= 0.6 is 0 Å². The molecule has 3 aromatic rings. The van der Waals surface area contributed by atoms with Gasteiger partial charge in [0.25, 0.3) is 0 Å². The first kappa shape index (κ1) is 19.8. The van der Waals surface area contributed by atoms with E-state index >= 15 is 0 Å². The van der Waals surface area contributed by atoms with Gasteiger partial charge in [-0.05, 0) is 36.4 Å². The van der Waals surface area contributed by atoms with Crippen LogP contribution in [0.15, 0.2) is 72.6 Å². The number of pyridine rings is 1. The number of aromatic nitrogens is 1. The minimum Gasteiger partial charge on any atom is -0.512 e. The zero-order chi connectivity index (χ0) is 16.7. The molecule has 0 amide bonds. The Morgan fingerprint density at radius 1 is 1.08 bits per heavy atom. The van der Waals surface area contributed by atoms with E-state index in [9.17, 15) is 4.79 Å². The molecule has 2 aromatic carbocycles. The van der Waals surface area contributed by atoms with E-state index in [4.69, 9.17) is 5.11 Å². The third-order valence-corrected chi connectivity index (χ3v) is 3.05. The van der Waals surface area contributed by atoms with Gasteiger partial charge in [-0.1, -0.05) is 24.3 Å². The second-order valence-electron chi connectivity index (χ2n) is 5.05. The number of ketones is 1. The molecule has 0 unspecified atom stereocenters. The number of benzene rings is 2. The molecule has 1 heterocycles. The molecule has 0 aliphatic carbocycles. The molecule has 0 fully saturated rings. The molecule has 1 aromatic heterocycles. The molecule has 1 N–H and O–H groups in total. The molecule has 4 heteroatoms. The SMILES string of the molecule is CC(=O)/C=C(/C)O.[Pd].[c-]1ccccc1-c1nccc2ccccc12. The van der Waals surface area contributed by atoms with E-state index in [1.54, 1.807) is 0 Å². The van der Waals surface area contributed by atoms with Crippen LogP contribution in [0.1, 0.15) is 13.8 Å². The van der Waals surface area contributed by atoms with Crippen LogP contribution in [0.5, 0.6) is 0 Å². The summed E-state index contributed by atoms with van der Waals surface area (Å²) in [5.74, 6) is -0.0625. The Morgan fingerprint density at radius 2 is 1.79 bits per heavy atom. The molecule has 3 nitrogen and oxygen atoms in total. The first-order valence-corrected chi connectivity index (χ1v) is 7.26. The molecule has 3 rings (SSSR count). The van der Waals surface area contributed by atoms with Crippen molar-refractivity contribution in [2.75, 3.05) is 0 Å². The predicted molar refractivity (Wildman–Crippen MR) is 93.1 cm³/mol. The number of rotatable bonds is 2. The summed E-state index contributed by atoms with van der Waals surface area (Å²) in [6.45, 7) is 2.85. The first-order valence-electron chi connectivity index (χ1n) is 7.26. The van der Waals surface area contributed by atoms with E-state index < -0.39 is 0 Å². The van der Waals surface area contributed by atoms with Crippen molar-refractivity contribution in [2.24, 2.45) is 0 Å². The van der Waals surface area contributed by atoms with E-state index in [0.717, 1.165) is 11.3 Å². The van der Waals surface area contributed by atoms with Gasteiger partial charge < -0.3 is 10.1 Å². The van der Waals surface area contributed by atoms with Crippen LogP contribution < -0.4 is 0 Å². The van der Waals surface area contributed by atoms with Crippen LogP contribution in [0.4, 0.5) is 0 Å². The van der Waals surface area contributed by atoms with Crippen molar-refractivity contribution in [2.45, 2.75) is 13.8 Å². The van der Waals surface area contributed by atoms with Gasteiger partial charge in [0.15, 0.2) is 5.78 Å². The molecule has 0 saturated heterocycles. The van der Waals surface area contributed by atoms with E-state index in [1.165, 1.54) is 30.7 Å². The average Bonchev–Trinajstić information content (AvgIpc) is 2.54. The summed E-state index contributed by atoms with van der Waals surface area (Å²) in [5.41, 5.74) is 2.04. The molecule has 0 aliphatic rings. The number of carbonyl (C=O) groups excluding carboxylic acids is 1. The number of aliphatic hydroxyl groups excluding tert-OH is 1. The summed E-state index contributed by atoms with van der Waals surface area (Å²) in [7, 11) is 0. The Bertz CT molecular complexity index is 820. The minimum absolute atomic E-state index is 0. The average molecular weight is 411 g/mol. The fourth-order valence-electron chi connectivity index (χ4n) is 2.17. The molecule has 24 heavy (non-hydrogen) atoms. The number of fused-ring (bicyclic) bond motifs is 1. The standard InChI is InChI=1S/C15H10N.C5H8O2.Pd/c1-2-7-13(8-3-1)15-14-9-5-4-6-12(14)10-11-16-15;1-4(6)3-5(2)7;/h1-7,9-11H;3,6H,1-2H3;/q-1;;/b;4-3-;. The van der Waals surface area contributed by atoms with Crippen LogP contribution in [-0.4, -0.2) is 15.9 Å². The molecule has 0 radical (unpaired) electrons. The predicted octanol–water partition coefficient (Wildman–Crippen LogP) is 4.74. The van der Waals surface area contributed by atoms with Crippen molar-refractivity contribution in [3.63, 3.8) is 0 Å². The zero-order valence-corrected chi connectivity index (χ0v) is 15.0. The molecular weight excluding hydrogens is 393 g/mol. The molecule has 126 valence electrons. The third-order valence-electron chi connectivity index (χ3n) is 3.05. The molecular formula is C20H18NO2Pd-. The van der Waals surface area contributed by atoms with Crippen LogP contribution in [0.2, 0.25) is 0 Å². The second-order valence-corrected chi connectivity index (χ2v) is 5.05. The number of allylic oxidation sites excluding steroid dienone is 2. The monoisotopic (exact) mass is 410 g/mol. The Kier molecular flexibility index (Phi) is 8.05. The summed E-state index contributed by atoms with van der Waals surface area (Å²) >= 11 is 0. The van der Waals surface area contributed by atoms with E-state index in [0.29, 0.717) is 0 Å². The fraction of sp³-hybridized carbons (Fsp3) is 0.100. The molecule has 0 saturated carbocycles. The maximum absolute atomic E-state index is 10.0. The quantitative estimate of drug-likeness (QED) is 0.287. The largest absolute Gasteiger partial charge is 0.512 e. The third kappa shape index (κ3) is 5.73. The van der Waals surface area contributed by atoms with Gasteiger partial charge in [-0.15, -0.1) is 35.9 Å². The molecule has 0 spiro atoms. The summed E-state index contributed by atoms with van der Waals surface area (Å²) in [6.07, 6.45) is 3.01. The maximum atomic E-state index is 10.0. The smallest absolute Gasteiger partial charge is 0.155 e.